The topological polar surface area (TPSA) is 105 Å². The van der Waals surface area contributed by atoms with E-state index in [2.05, 4.69) is 10.5 Å². The fraction of sp³-hybridized carbons (Fsp3) is 0.0667. The molecule has 22 heavy (non-hydrogen) atoms. The molecule has 1 amide bonds. The van der Waals surface area contributed by atoms with Gasteiger partial charge in [0, 0.05) is 28.9 Å². The maximum absolute atomic E-state index is 12.1. The summed E-state index contributed by atoms with van der Waals surface area (Å²) in [5.41, 5.74) is 1.60. The summed E-state index contributed by atoms with van der Waals surface area (Å²) in [7, 11) is 0. The van der Waals surface area contributed by atoms with Gasteiger partial charge in [-0.1, -0.05) is 23.4 Å². The van der Waals surface area contributed by atoms with Gasteiger partial charge in [0.2, 0.25) is 0 Å². The monoisotopic (exact) mass is 299 g/mol. The highest BCUT2D eigenvalue weighted by molar-refractivity contribution is 6.05. The number of anilines is 1. The van der Waals surface area contributed by atoms with E-state index < -0.39 is 10.8 Å². The lowest BCUT2D eigenvalue weighted by Gasteiger charge is -2.07. The molecule has 0 bridgehead atoms. The number of carbonyl (C=O) groups excluding carboxylic acids is 1. The molecule has 0 aliphatic carbocycles. The van der Waals surface area contributed by atoms with Gasteiger partial charge in [0.1, 0.15) is 0 Å². The second kappa shape index (κ2) is 6.49. The molecule has 2 aromatic carbocycles. The van der Waals surface area contributed by atoms with Crippen LogP contribution < -0.4 is 5.32 Å². The highest BCUT2D eigenvalue weighted by Crippen LogP contribution is 2.16. The van der Waals surface area contributed by atoms with Gasteiger partial charge < -0.3 is 10.5 Å². The lowest BCUT2D eigenvalue weighted by Crippen LogP contribution is -2.12. The second-order valence-electron chi connectivity index (χ2n) is 4.53. The predicted octanol–water partition coefficient (Wildman–Crippen LogP) is 3.05. The number of nitro groups is 1. The Morgan fingerprint density at radius 3 is 2.55 bits per heavy atom. The Hall–Kier alpha value is -3.22. The van der Waals surface area contributed by atoms with Crippen LogP contribution in [0.4, 0.5) is 11.4 Å². The Kier molecular flexibility index (Phi) is 4.47. The fourth-order valence-corrected chi connectivity index (χ4v) is 1.84. The third kappa shape index (κ3) is 3.45. The van der Waals surface area contributed by atoms with Gasteiger partial charge in [-0.3, -0.25) is 14.9 Å². The summed E-state index contributed by atoms with van der Waals surface area (Å²) < 4.78 is 0. The molecule has 0 atom stereocenters. The van der Waals surface area contributed by atoms with Gasteiger partial charge in [-0.15, -0.1) is 0 Å². The van der Waals surface area contributed by atoms with Crippen molar-refractivity contribution in [3.63, 3.8) is 0 Å². The van der Waals surface area contributed by atoms with Crippen molar-refractivity contribution in [2.24, 2.45) is 5.16 Å². The molecule has 0 heterocycles. The number of benzene rings is 2. The molecule has 0 radical (unpaired) electrons. The molecular formula is C15H13N3O4. The molecule has 2 N–H and O–H groups in total. The maximum atomic E-state index is 12.1. The van der Waals surface area contributed by atoms with E-state index >= 15 is 0 Å². The van der Waals surface area contributed by atoms with Gasteiger partial charge >= 0.3 is 0 Å². The minimum Gasteiger partial charge on any atom is -0.411 e. The number of rotatable bonds is 4. The largest absolute Gasteiger partial charge is 0.411 e. The zero-order chi connectivity index (χ0) is 16.1. The molecule has 0 saturated heterocycles. The second-order valence-corrected chi connectivity index (χ2v) is 4.53. The molecule has 2 aromatic rings. The predicted molar refractivity (Wildman–Crippen MR) is 81.5 cm³/mol. The normalized spacial score (nSPS) is 11.0. The Labute approximate surface area is 126 Å². The van der Waals surface area contributed by atoms with Crippen molar-refractivity contribution < 1.29 is 14.9 Å². The van der Waals surface area contributed by atoms with Crippen LogP contribution in [0.3, 0.4) is 0 Å². The number of non-ortho nitro benzene ring substituents is 1. The zero-order valence-electron chi connectivity index (χ0n) is 11.7. The first-order valence-corrected chi connectivity index (χ1v) is 6.36. The fourth-order valence-electron chi connectivity index (χ4n) is 1.84. The number of hydrogen-bond acceptors (Lipinski definition) is 5. The van der Waals surface area contributed by atoms with Crippen LogP contribution in [0.25, 0.3) is 0 Å². The molecule has 0 aliphatic heterocycles. The highest BCUT2D eigenvalue weighted by Gasteiger charge is 2.12. The molecule has 0 spiro atoms. The Balaban J connectivity index is 2.22. The van der Waals surface area contributed by atoms with Crippen LogP contribution >= 0.6 is 0 Å². The molecule has 0 saturated carbocycles. The molecule has 112 valence electrons. The number of nitrogens with zero attached hydrogens (tertiary/aromatic N) is 2. The third-order valence-electron chi connectivity index (χ3n) is 3.01. The Morgan fingerprint density at radius 2 is 1.86 bits per heavy atom. The quantitative estimate of drug-likeness (QED) is 0.392. The summed E-state index contributed by atoms with van der Waals surface area (Å²) in [4.78, 5) is 22.3. The number of nitrogens with one attached hydrogen (secondary N) is 1. The summed E-state index contributed by atoms with van der Waals surface area (Å²) in [6.45, 7) is 1.63. The van der Waals surface area contributed by atoms with Crippen molar-refractivity contribution in [2.75, 3.05) is 5.32 Å². The third-order valence-corrected chi connectivity index (χ3v) is 3.01. The summed E-state index contributed by atoms with van der Waals surface area (Å²) in [5, 5.41) is 25.2. The van der Waals surface area contributed by atoms with Gasteiger partial charge in [0.15, 0.2) is 0 Å². The van der Waals surface area contributed by atoms with Crippen LogP contribution in [0.1, 0.15) is 22.8 Å². The highest BCUT2D eigenvalue weighted by atomic mass is 16.6. The first-order valence-electron chi connectivity index (χ1n) is 6.36. The molecular weight excluding hydrogens is 286 g/mol. The summed E-state index contributed by atoms with van der Waals surface area (Å²) in [6.07, 6.45) is 0. The number of nitro benzene ring substituents is 1. The van der Waals surface area contributed by atoms with Crippen molar-refractivity contribution in [3.05, 3.63) is 69.8 Å². The number of carbonyl (C=O) groups is 1. The summed E-state index contributed by atoms with van der Waals surface area (Å²) in [6, 6.07) is 12.2. The van der Waals surface area contributed by atoms with E-state index in [-0.39, 0.29) is 11.3 Å². The van der Waals surface area contributed by atoms with Crippen LogP contribution in [0.2, 0.25) is 0 Å². The molecule has 0 fully saturated rings. The molecule has 2 rings (SSSR count). The van der Waals surface area contributed by atoms with Gasteiger partial charge in [-0.05, 0) is 25.1 Å². The van der Waals surface area contributed by atoms with Gasteiger partial charge in [0.05, 0.1) is 10.6 Å². The van der Waals surface area contributed by atoms with Crippen molar-refractivity contribution in [2.45, 2.75) is 6.92 Å². The van der Waals surface area contributed by atoms with E-state index in [0.29, 0.717) is 17.0 Å². The average Bonchev–Trinajstić information content (AvgIpc) is 2.54. The zero-order valence-corrected chi connectivity index (χ0v) is 11.7. The van der Waals surface area contributed by atoms with Crippen LogP contribution in [0.5, 0.6) is 0 Å². The minimum atomic E-state index is -0.557. The SMILES string of the molecule is C/C(=N\O)c1cccc(NC(=O)c2cccc([N+](=O)[O-])c2)c1. The lowest BCUT2D eigenvalue weighted by atomic mass is 10.1. The van der Waals surface area contributed by atoms with Crippen LogP contribution in [0.15, 0.2) is 53.7 Å². The van der Waals surface area contributed by atoms with Crippen molar-refractivity contribution in [1.29, 1.82) is 0 Å². The van der Waals surface area contributed by atoms with Gasteiger partial charge in [-0.2, -0.15) is 0 Å². The van der Waals surface area contributed by atoms with Crippen molar-refractivity contribution in [3.8, 4) is 0 Å². The Morgan fingerprint density at radius 1 is 1.18 bits per heavy atom. The first kappa shape index (κ1) is 15.2. The number of oxime groups is 1. The molecule has 7 nitrogen and oxygen atoms in total. The molecule has 0 aliphatic rings. The van der Waals surface area contributed by atoms with E-state index in [1.54, 1.807) is 31.2 Å². The molecule has 0 unspecified atom stereocenters. The smallest absolute Gasteiger partial charge is 0.270 e. The van der Waals surface area contributed by atoms with Crippen LogP contribution in [-0.4, -0.2) is 21.7 Å². The van der Waals surface area contributed by atoms with E-state index in [1.807, 2.05) is 0 Å². The van der Waals surface area contributed by atoms with E-state index in [9.17, 15) is 14.9 Å². The molecule has 0 aromatic heterocycles. The maximum Gasteiger partial charge on any atom is 0.270 e. The molecule has 7 heteroatoms. The minimum absolute atomic E-state index is 0.148. The van der Waals surface area contributed by atoms with Crippen LogP contribution in [-0.2, 0) is 0 Å². The Bertz CT molecular complexity index is 756. The number of amides is 1. The lowest BCUT2D eigenvalue weighted by molar-refractivity contribution is -0.384. The van der Waals surface area contributed by atoms with E-state index in [1.165, 1.54) is 24.3 Å². The van der Waals surface area contributed by atoms with E-state index in [0.717, 1.165) is 0 Å². The summed E-state index contributed by atoms with van der Waals surface area (Å²) >= 11 is 0. The van der Waals surface area contributed by atoms with Gasteiger partial charge in [0.25, 0.3) is 11.6 Å². The van der Waals surface area contributed by atoms with E-state index in [4.69, 9.17) is 5.21 Å². The number of hydrogen-bond donors (Lipinski definition) is 2. The van der Waals surface area contributed by atoms with Crippen molar-refractivity contribution in [1.82, 2.24) is 0 Å². The van der Waals surface area contributed by atoms with Crippen molar-refractivity contribution >= 4 is 23.0 Å². The average molecular weight is 299 g/mol. The van der Waals surface area contributed by atoms with Gasteiger partial charge in [-0.25, -0.2) is 0 Å². The first-order chi connectivity index (χ1) is 10.5. The summed E-state index contributed by atoms with van der Waals surface area (Å²) in [5.74, 6) is -0.459. The standard InChI is InChI=1S/C15H13N3O4/c1-10(17-20)11-4-2-6-13(8-11)16-15(19)12-5-3-7-14(9-12)18(21)22/h2-9,20H,1H3,(H,16,19)/b17-10+. The van der Waals surface area contributed by atoms with Crippen LogP contribution in [0, 0.1) is 10.1 Å².